The number of hydrogen-bond acceptors (Lipinski definition) is 2. The van der Waals surface area contributed by atoms with Gasteiger partial charge in [-0.1, -0.05) is 30.4 Å². The average molecular weight is 174 g/mol. The Morgan fingerprint density at radius 1 is 1.38 bits per heavy atom. The van der Waals surface area contributed by atoms with Gasteiger partial charge in [0.05, 0.1) is 12.2 Å². The number of hydrogen-bond donors (Lipinski definition) is 0. The lowest BCUT2D eigenvalue weighted by Gasteiger charge is -1.96. The Hall–Kier alpha value is -1.44. The molecule has 2 nitrogen and oxygen atoms in total. The standard InChI is InChI=1S/C11H14N2/c1-9(2)8-12-13-11-7-5-4-6-10(11)3/h4-7H,1,8H2,2-3H3. The van der Waals surface area contributed by atoms with Gasteiger partial charge >= 0.3 is 0 Å². The van der Waals surface area contributed by atoms with Crippen LogP contribution in [0.25, 0.3) is 0 Å². The summed E-state index contributed by atoms with van der Waals surface area (Å²) in [7, 11) is 0. The molecule has 1 aromatic carbocycles. The summed E-state index contributed by atoms with van der Waals surface area (Å²) in [5.74, 6) is 0. The van der Waals surface area contributed by atoms with Crippen LogP contribution in [0.3, 0.4) is 0 Å². The van der Waals surface area contributed by atoms with Crippen molar-refractivity contribution in [3.05, 3.63) is 42.0 Å². The number of nitrogens with zero attached hydrogens (tertiary/aromatic N) is 2. The normalized spacial score (nSPS) is 10.6. The van der Waals surface area contributed by atoms with Crippen LogP contribution in [0.1, 0.15) is 12.5 Å². The first-order valence-electron chi connectivity index (χ1n) is 4.27. The highest BCUT2D eigenvalue weighted by molar-refractivity contribution is 5.43. The van der Waals surface area contributed by atoms with E-state index in [0.717, 1.165) is 16.8 Å². The second-order valence-electron chi connectivity index (χ2n) is 3.14. The van der Waals surface area contributed by atoms with E-state index in [4.69, 9.17) is 0 Å². The summed E-state index contributed by atoms with van der Waals surface area (Å²) in [6.07, 6.45) is 0. The van der Waals surface area contributed by atoms with Crippen molar-refractivity contribution in [2.45, 2.75) is 13.8 Å². The molecule has 0 aliphatic heterocycles. The molecule has 2 heteroatoms. The first-order chi connectivity index (χ1) is 6.20. The number of aryl methyl sites for hydroxylation is 1. The molecule has 0 bridgehead atoms. The maximum Gasteiger partial charge on any atom is 0.0881 e. The van der Waals surface area contributed by atoms with Crippen LogP contribution in [-0.2, 0) is 0 Å². The minimum Gasteiger partial charge on any atom is -0.184 e. The molecule has 0 heterocycles. The zero-order chi connectivity index (χ0) is 9.68. The summed E-state index contributed by atoms with van der Waals surface area (Å²) in [6.45, 7) is 8.32. The van der Waals surface area contributed by atoms with E-state index in [-0.39, 0.29) is 0 Å². The zero-order valence-corrected chi connectivity index (χ0v) is 8.12. The van der Waals surface area contributed by atoms with Crippen LogP contribution < -0.4 is 0 Å². The third-order valence-electron chi connectivity index (χ3n) is 1.63. The van der Waals surface area contributed by atoms with E-state index in [0.29, 0.717) is 6.54 Å². The lowest BCUT2D eigenvalue weighted by molar-refractivity contribution is 1.02. The topological polar surface area (TPSA) is 24.7 Å². The zero-order valence-electron chi connectivity index (χ0n) is 8.12. The van der Waals surface area contributed by atoms with Gasteiger partial charge in [-0.3, -0.25) is 0 Å². The summed E-state index contributed by atoms with van der Waals surface area (Å²) < 4.78 is 0. The molecule has 0 radical (unpaired) electrons. The van der Waals surface area contributed by atoms with Gasteiger partial charge in [0.15, 0.2) is 0 Å². The number of rotatable bonds is 3. The predicted octanol–water partition coefficient (Wildman–Crippen LogP) is 3.65. The second kappa shape index (κ2) is 4.55. The lowest BCUT2D eigenvalue weighted by Crippen LogP contribution is -1.77. The van der Waals surface area contributed by atoms with E-state index in [2.05, 4.69) is 16.8 Å². The fourth-order valence-electron chi connectivity index (χ4n) is 0.908. The fourth-order valence-corrected chi connectivity index (χ4v) is 0.908. The Labute approximate surface area is 79.0 Å². The van der Waals surface area contributed by atoms with Crippen molar-refractivity contribution in [2.24, 2.45) is 10.2 Å². The fraction of sp³-hybridized carbons (Fsp3) is 0.273. The van der Waals surface area contributed by atoms with E-state index in [1.807, 2.05) is 38.1 Å². The van der Waals surface area contributed by atoms with Crippen molar-refractivity contribution >= 4 is 5.69 Å². The molecule has 0 fully saturated rings. The molecule has 0 atom stereocenters. The van der Waals surface area contributed by atoms with Gasteiger partial charge in [0, 0.05) is 0 Å². The maximum atomic E-state index is 4.11. The molecule has 1 aromatic rings. The van der Waals surface area contributed by atoms with Gasteiger partial charge in [0.1, 0.15) is 0 Å². The molecule has 0 unspecified atom stereocenters. The smallest absolute Gasteiger partial charge is 0.0881 e. The van der Waals surface area contributed by atoms with Crippen molar-refractivity contribution in [1.29, 1.82) is 0 Å². The van der Waals surface area contributed by atoms with Crippen LogP contribution in [0, 0.1) is 6.92 Å². The van der Waals surface area contributed by atoms with E-state index in [1.54, 1.807) is 0 Å². The van der Waals surface area contributed by atoms with Gasteiger partial charge in [-0.15, -0.1) is 0 Å². The molecular weight excluding hydrogens is 160 g/mol. The number of benzene rings is 1. The minimum atomic E-state index is 0.605. The van der Waals surface area contributed by atoms with Crippen molar-refractivity contribution in [2.75, 3.05) is 6.54 Å². The van der Waals surface area contributed by atoms with E-state index in [1.165, 1.54) is 0 Å². The maximum absolute atomic E-state index is 4.11. The minimum absolute atomic E-state index is 0.605. The Morgan fingerprint density at radius 3 is 2.69 bits per heavy atom. The molecule has 0 aromatic heterocycles. The van der Waals surface area contributed by atoms with Crippen LogP contribution in [0.4, 0.5) is 5.69 Å². The van der Waals surface area contributed by atoms with Gasteiger partial charge in [0.2, 0.25) is 0 Å². The lowest BCUT2D eigenvalue weighted by atomic mass is 10.2. The average Bonchev–Trinajstić information content (AvgIpc) is 2.08. The number of azo groups is 1. The van der Waals surface area contributed by atoms with Gasteiger partial charge in [-0.05, 0) is 25.5 Å². The van der Waals surface area contributed by atoms with Crippen LogP contribution >= 0.6 is 0 Å². The van der Waals surface area contributed by atoms with E-state index >= 15 is 0 Å². The molecule has 0 amide bonds. The van der Waals surface area contributed by atoms with Gasteiger partial charge < -0.3 is 0 Å². The van der Waals surface area contributed by atoms with E-state index < -0.39 is 0 Å². The third-order valence-corrected chi connectivity index (χ3v) is 1.63. The molecule has 0 N–H and O–H groups in total. The molecule has 68 valence electrons. The molecular formula is C11H14N2. The van der Waals surface area contributed by atoms with Crippen LogP contribution in [-0.4, -0.2) is 6.54 Å². The molecule has 13 heavy (non-hydrogen) atoms. The highest BCUT2D eigenvalue weighted by atomic mass is 15.1. The summed E-state index contributed by atoms with van der Waals surface area (Å²) >= 11 is 0. The Kier molecular flexibility index (Phi) is 3.38. The Bertz CT molecular complexity index is 327. The highest BCUT2D eigenvalue weighted by Crippen LogP contribution is 2.17. The van der Waals surface area contributed by atoms with Crippen molar-refractivity contribution in [3.8, 4) is 0 Å². The largest absolute Gasteiger partial charge is 0.184 e. The molecule has 0 aliphatic rings. The molecule has 0 saturated heterocycles. The summed E-state index contributed by atoms with van der Waals surface area (Å²) in [6, 6.07) is 7.93. The van der Waals surface area contributed by atoms with Crippen LogP contribution in [0.2, 0.25) is 0 Å². The Balaban J connectivity index is 2.68. The second-order valence-corrected chi connectivity index (χ2v) is 3.14. The molecule has 0 spiro atoms. The van der Waals surface area contributed by atoms with Gasteiger partial charge in [-0.25, -0.2) is 0 Å². The predicted molar refractivity (Wildman–Crippen MR) is 55.4 cm³/mol. The molecule has 0 aliphatic carbocycles. The molecule has 1 rings (SSSR count). The molecule has 0 saturated carbocycles. The van der Waals surface area contributed by atoms with Gasteiger partial charge in [-0.2, -0.15) is 10.2 Å². The summed E-state index contributed by atoms with van der Waals surface area (Å²) in [5.41, 5.74) is 3.11. The summed E-state index contributed by atoms with van der Waals surface area (Å²) in [5, 5.41) is 8.14. The quantitative estimate of drug-likeness (QED) is 0.493. The van der Waals surface area contributed by atoms with Crippen molar-refractivity contribution in [3.63, 3.8) is 0 Å². The van der Waals surface area contributed by atoms with E-state index in [9.17, 15) is 0 Å². The van der Waals surface area contributed by atoms with Crippen LogP contribution in [0.15, 0.2) is 46.6 Å². The van der Waals surface area contributed by atoms with Crippen molar-refractivity contribution < 1.29 is 0 Å². The Morgan fingerprint density at radius 2 is 2.08 bits per heavy atom. The SMILES string of the molecule is C=C(C)CN=Nc1ccccc1C. The first kappa shape index (κ1) is 9.65. The van der Waals surface area contributed by atoms with Crippen LogP contribution in [0.5, 0.6) is 0 Å². The highest BCUT2D eigenvalue weighted by Gasteiger charge is 1.92. The van der Waals surface area contributed by atoms with Crippen molar-refractivity contribution in [1.82, 2.24) is 0 Å². The third kappa shape index (κ3) is 3.20. The van der Waals surface area contributed by atoms with Gasteiger partial charge in [0.25, 0.3) is 0 Å². The monoisotopic (exact) mass is 174 g/mol. The summed E-state index contributed by atoms with van der Waals surface area (Å²) in [4.78, 5) is 0. The first-order valence-corrected chi connectivity index (χ1v) is 4.27.